The summed E-state index contributed by atoms with van der Waals surface area (Å²) in [6.45, 7) is 4.41. The number of allylic oxidation sites excluding steroid dienone is 1. The van der Waals surface area contributed by atoms with Crippen molar-refractivity contribution in [1.82, 2.24) is 29.9 Å². The SMILES string of the molecule is C=CCn1c(SCc2nnc(-c3ccc(Cl)cc3)o2)nnc1-c1ccncc1. The van der Waals surface area contributed by atoms with E-state index in [2.05, 4.69) is 32.0 Å². The van der Waals surface area contributed by atoms with E-state index in [0.29, 0.717) is 29.1 Å². The van der Waals surface area contributed by atoms with Crippen molar-refractivity contribution >= 4 is 23.4 Å². The second-order valence-electron chi connectivity index (χ2n) is 5.74. The molecule has 0 fully saturated rings. The second kappa shape index (κ2) is 8.37. The van der Waals surface area contributed by atoms with E-state index in [0.717, 1.165) is 22.1 Å². The summed E-state index contributed by atoms with van der Waals surface area (Å²) in [5.41, 5.74) is 1.77. The molecule has 0 aliphatic heterocycles. The molecule has 4 rings (SSSR count). The first kappa shape index (κ1) is 18.4. The molecular formula is C19H15ClN6OS. The molecule has 0 atom stereocenters. The molecule has 1 aromatic carbocycles. The number of nitrogens with zero attached hydrogens (tertiary/aromatic N) is 6. The highest BCUT2D eigenvalue weighted by atomic mass is 35.5. The Morgan fingerprint density at radius 2 is 1.79 bits per heavy atom. The zero-order chi connectivity index (χ0) is 19.3. The van der Waals surface area contributed by atoms with Crippen molar-refractivity contribution in [2.45, 2.75) is 17.5 Å². The Kier molecular flexibility index (Phi) is 5.50. The summed E-state index contributed by atoms with van der Waals surface area (Å²) in [6, 6.07) is 11.0. The normalized spacial score (nSPS) is 10.9. The molecule has 0 saturated heterocycles. The summed E-state index contributed by atoms with van der Waals surface area (Å²) < 4.78 is 7.74. The molecule has 0 N–H and O–H groups in total. The molecule has 0 unspecified atom stereocenters. The average molecular weight is 411 g/mol. The maximum absolute atomic E-state index is 5.91. The van der Waals surface area contributed by atoms with Crippen LogP contribution in [0.4, 0.5) is 0 Å². The van der Waals surface area contributed by atoms with Crippen molar-refractivity contribution in [3.8, 4) is 22.8 Å². The van der Waals surface area contributed by atoms with Gasteiger partial charge in [0, 0.05) is 35.1 Å². The van der Waals surface area contributed by atoms with E-state index in [1.807, 2.05) is 34.9 Å². The van der Waals surface area contributed by atoms with Crippen molar-refractivity contribution in [3.05, 3.63) is 72.4 Å². The Hall–Kier alpha value is -2.97. The summed E-state index contributed by atoms with van der Waals surface area (Å²) in [5, 5.41) is 18.2. The highest BCUT2D eigenvalue weighted by Gasteiger charge is 2.15. The molecule has 7 nitrogen and oxygen atoms in total. The number of rotatable bonds is 7. The second-order valence-corrected chi connectivity index (χ2v) is 7.12. The molecule has 9 heteroatoms. The quantitative estimate of drug-likeness (QED) is 0.327. The first-order valence-electron chi connectivity index (χ1n) is 8.40. The Labute approximate surface area is 170 Å². The maximum Gasteiger partial charge on any atom is 0.247 e. The zero-order valence-corrected chi connectivity index (χ0v) is 16.3. The predicted octanol–water partition coefficient (Wildman–Crippen LogP) is 4.52. The van der Waals surface area contributed by atoms with Crippen LogP contribution in [0.5, 0.6) is 0 Å². The van der Waals surface area contributed by atoms with E-state index < -0.39 is 0 Å². The molecule has 0 radical (unpaired) electrons. The van der Waals surface area contributed by atoms with Crippen molar-refractivity contribution in [3.63, 3.8) is 0 Å². The Bertz CT molecular complexity index is 1080. The minimum absolute atomic E-state index is 0.456. The fourth-order valence-corrected chi connectivity index (χ4v) is 3.46. The average Bonchev–Trinajstić information content (AvgIpc) is 3.35. The molecular weight excluding hydrogens is 396 g/mol. The zero-order valence-electron chi connectivity index (χ0n) is 14.7. The summed E-state index contributed by atoms with van der Waals surface area (Å²) in [6.07, 6.45) is 5.26. The van der Waals surface area contributed by atoms with Crippen molar-refractivity contribution in [2.75, 3.05) is 0 Å². The van der Waals surface area contributed by atoms with Gasteiger partial charge in [-0.05, 0) is 36.4 Å². The molecule has 140 valence electrons. The predicted molar refractivity (Wildman–Crippen MR) is 108 cm³/mol. The Balaban J connectivity index is 1.52. The van der Waals surface area contributed by atoms with E-state index in [1.54, 1.807) is 24.5 Å². The molecule has 0 bridgehead atoms. The Morgan fingerprint density at radius 1 is 1.00 bits per heavy atom. The Morgan fingerprint density at radius 3 is 2.54 bits per heavy atom. The lowest BCUT2D eigenvalue weighted by Crippen LogP contribution is -2.00. The third-order valence-corrected chi connectivity index (χ3v) is 5.05. The number of aromatic nitrogens is 6. The molecule has 0 aliphatic rings. The molecule has 0 saturated carbocycles. The van der Waals surface area contributed by atoms with Gasteiger partial charge >= 0.3 is 0 Å². The van der Waals surface area contributed by atoms with Gasteiger partial charge in [0.05, 0.1) is 5.75 Å². The number of halogens is 1. The van der Waals surface area contributed by atoms with Crippen LogP contribution in [-0.4, -0.2) is 29.9 Å². The van der Waals surface area contributed by atoms with Crippen LogP contribution < -0.4 is 0 Å². The molecule has 4 aromatic rings. The van der Waals surface area contributed by atoms with Crippen LogP contribution in [0.25, 0.3) is 22.8 Å². The van der Waals surface area contributed by atoms with E-state index in [4.69, 9.17) is 16.0 Å². The molecule has 3 heterocycles. The number of hydrogen-bond acceptors (Lipinski definition) is 7. The van der Waals surface area contributed by atoms with Gasteiger partial charge in [0.25, 0.3) is 0 Å². The topological polar surface area (TPSA) is 82.5 Å². The first-order valence-corrected chi connectivity index (χ1v) is 9.76. The number of hydrogen-bond donors (Lipinski definition) is 0. The molecule has 3 aromatic heterocycles. The van der Waals surface area contributed by atoms with Crippen molar-refractivity contribution in [2.24, 2.45) is 0 Å². The lowest BCUT2D eigenvalue weighted by Gasteiger charge is -2.06. The maximum atomic E-state index is 5.91. The summed E-state index contributed by atoms with van der Waals surface area (Å²) in [7, 11) is 0. The molecule has 0 amide bonds. The lowest BCUT2D eigenvalue weighted by molar-refractivity contribution is 0.528. The van der Waals surface area contributed by atoms with Gasteiger partial charge in [-0.1, -0.05) is 29.4 Å². The summed E-state index contributed by atoms with van der Waals surface area (Å²) in [5.74, 6) is 2.20. The van der Waals surface area contributed by atoms with Gasteiger partial charge < -0.3 is 4.42 Å². The fraction of sp³-hybridized carbons (Fsp3) is 0.105. The van der Waals surface area contributed by atoms with Gasteiger partial charge in [0.1, 0.15) is 0 Å². The van der Waals surface area contributed by atoms with E-state index in [1.165, 1.54) is 11.8 Å². The number of thioether (sulfide) groups is 1. The van der Waals surface area contributed by atoms with Crippen LogP contribution in [0.15, 0.2) is 71.0 Å². The van der Waals surface area contributed by atoms with Crippen LogP contribution in [0.1, 0.15) is 5.89 Å². The standard InChI is InChI=1S/C19H15ClN6OS/c1-2-11-26-17(13-7-9-21-10-8-13)23-25-19(26)28-12-16-22-24-18(27-16)14-3-5-15(20)6-4-14/h2-10H,1,11-12H2. The van der Waals surface area contributed by atoms with Crippen molar-refractivity contribution in [1.29, 1.82) is 0 Å². The smallest absolute Gasteiger partial charge is 0.247 e. The van der Waals surface area contributed by atoms with E-state index in [9.17, 15) is 0 Å². The van der Waals surface area contributed by atoms with Gasteiger partial charge in [-0.3, -0.25) is 9.55 Å². The third-order valence-electron chi connectivity index (χ3n) is 3.85. The third kappa shape index (κ3) is 3.97. The van der Waals surface area contributed by atoms with Crippen LogP contribution >= 0.6 is 23.4 Å². The van der Waals surface area contributed by atoms with E-state index >= 15 is 0 Å². The van der Waals surface area contributed by atoms with Gasteiger partial charge in [0.15, 0.2) is 11.0 Å². The van der Waals surface area contributed by atoms with Crippen LogP contribution in [0.2, 0.25) is 5.02 Å². The van der Waals surface area contributed by atoms with Gasteiger partial charge in [-0.15, -0.1) is 27.0 Å². The minimum Gasteiger partial charge on any atom is -0.420 e. The molecule has 0 spiro atoms. The highest BCUT2D eigenvalue weighted by Crippen LogP contribution is 2.27. The minimum atomic E-state index is 0.456. The van der Waals surface area contributed by atoms with Crippen LogP contribution in [0, 0.1) is 0 Å². The monoisotopic (exact) mass is 410 g/mol. The van der Waals surface area contributed by atoms with Crippen LogP contribution in [-0.2, 0) is 12.3 Å². The largest absolute Gasteiger partial charge is 0.420 e. The summed E-state index contributed by atoms with van der Waals surface area (Å²) in [4.78, 5) is 4.04. The van der Waals surface area contributed by atoms with Gasteiger partial charge in [0.2, 0.25) is 11.8 Å². The number of benzene rings is 1. The first-order chi connectivity index (χ1) is 13.7. The lowest BCUT2D eigenvalue weighted by atomic mass is 10.2. The van der Waals surface area contributed by atoms with E-state index in [-0.39, 0.29) is 0 Å². The van der Waals surface area contributed by atoms with Crippen molar-refractivity contribution < 1.29 is 4.42 Å². The molecule has 0 aliphatic carbocycles. The highest BCUT2D eigenvalue weighted by molar-refractivity contribution is 7.98. The molecule has 28 heavy (non-hydrogen) atoms. The fourth-order valence-electron chi connectivity index (χ4n) is 2.55. The summed E-state index contributed by atoms with van der Waals surface area (Å²) >= 11 is 7.39. The number of pyridine rings is 1. The van der Waals surface area contributed by atoms with Gasteiger partial charge in [-0.25, -0.2) is 0 Å². The van der Waals surface area contributed by atoms with Gasteiger partial charge in [-0.2, -0.15) is 0 Å². The van der Waals surface area contributed by atoms with Crippen LogP contribution in [0.3, 0.4) is 0 Å².